The third-order valence-corrected chi connectivity index (χ3v) is 6.26. The second-order valence-corrected chi connectivity index (χ2v) is 8.52. The molecule has 132 valence electrons. The van der Waals surface area contributed by atoms with Gasteiger partial charge in [-0.05, 0) is 24.6 Å². The van der Waals surface area contributed by atoms with Gasteiger partial charge in [0.1, 0.15) is 11.3 Å². The van der Waals surface area contributed by atoms with Crippen LogP contribution < -0.4 is 4.72 Å². The summed E-state index contributed by atoms with van der Waals surface area (Å²) in [6.07, 6.45) is 1.56. The maximum Gasteiger partial charge on any atom is 0.240 e. The fraction of sp³-hybridized carbons (Fsp3) is 0.118. The van der Waals surface area contributed by atoms with Crippen LogP contribution in [0, 0.1) is 6.92 Å². The summed E-state index contributed by atoms with van der Waals surface area (Å²) in [5, 5.41) is 13.0. The van der Waals surface area contributed by atoms with Crippen LogP contribution >= 0.6 is 11.3 Å². The molecular weight excluding hydrogens is 370 g/mol. The molecule has 7 nitrogen and oxygen atoms in total. The molecule has 0 fully saturated rings. The molecule has 0 atom stereocenters. The lowest BCUT2D eigenvalue weighted by atomic mass is 10.1. The largest absolute Gasteiger partial charge is 0.240 e. The van der Waals surface area contributed by atoms with E-state index < -0.39 is 10.0 Å². The molecule has 4 aromatic rings. The Bertz CT molecular complexity index is 1120. The summed E-state index contributed by atoms with van der Waals surface area (Å²) in [7, 11) is -3.53. The van der Waals surface area contributed by atoms with Crippen molar-refractivity contribution in [2.45, 2.75) is 18.4 Å². The van der Waals surface area contributed by atoms with E-state index in [9.17, 15) is 8.42 Å². The van der Waals surface area contributed by atoms with Gasteiger partial charge in [0, 0.05) is 12.1 Å². The second kappa shape index (κ2) is 6.60. The number of sulfonamides is 1. The van der Waals surface area contributed by atoms with E-state index in [0.717, 1.165) is 26.7 Å². The number of rotatable bonds is 5. The maximum absolute atomic E-state index is 12.3. The minimum atomic E-state index is -3.53. The molecule has 0 saturated heterocycles. The fourth-order valence-electron chi connectivity index (χ4n) is 2.42. The van der Waals surface area contributed by atoms with Gasteiger partial charge in [-0.2, -0.15) is 9.61 Å². The molecule has 0 amide bonds. The summed E-state index contributed by atoms with van der Waals surface area (Å²) in [6, 6.07) is 14.4. The van der Waals surface area contributed by atoms with Crippen LogP contribution in [0.15, 0.2) is 59.8 Å². The van der Waals surface area contributed by atoms with Crippen molar-refractivity contribution in [2.24, 2.45) is 0 Å². The van der Waals surface area contributed by atoms with Crippen LogP contribution in [0.2, 0.25) is 0 Å². The molecule has 0 aliphatic rings. The number of nitrogens with one attached hydrogen (secondary N) is 1. The Labute approximate surface area is 154 Å². The Balaban J connectivity index is 1.47. The lowest BCUT2D eigenvalue weighted by Crippen LogP contribution is -2.23. The van der Waals surface area contributed by atoms with Crippen molar-refractivity contribution < 1.29 is 8.42 Å². The molecule has 0 aliphatic heterocycles. The summed E-state index contributed by atoms with van der Waals surface area (Å²) in [5.41, 5.74) is 2.84. The number of hydrogen-bond donors (Lipinski definition) is 1. The van der Waals surface area contributed by atoms with Crippen LogP contribution in [-0.4, -0.2) is 28.2 Å². The van der Waals surface area contributed by atoms with E-state index in [2.05, 4.69) is 20.0 Å². The minimum absolute atomic E-state index is 0.224. The van der Waals surface area contributed by atoms with Gasteiger partial charge in [0.05, 0.1) is 4.90 Å². The highest BCUT2D eigenvalue weighted by molar-refractivity contribution is 7.89. The summed E-state index contributed by atoms with van der Waals surface area (Å²) < 4.78 is 28.9. The van der Waals surface area contributed by atoms with Gasteiger partial charge in [-0.3, -0.25) is 0 Å². The zero-order chi connectivity index (χ0) is 18.1. The first kappa shape index (κ1) is 16.8. The minimum Gasteiger partial charge on any atom is -0.207 e. The first-order chi connectivity index (χ1) is 12.5. The first-order valence-electron chi connectivity index (χ1n) is 7.84. The normalized spacial score (nSPS) is 11.9. The van der Waals surface area contributed by atoms with Crippen LogP contribution in [-0.2, 0) is 16.6 Å². The zero-order valence-corrected chi connectivity index (χ0v) is 15.5. The molecule has 2 aromatic carbocycles. The average molecular weight is 385 g/mol. The highest BCUT2D eigenvalue weighted by Gasteiger charge is 2.13. The van der Waals surface area contributed by atoms with E-state index in [1.54, 1.807) is 35.1 Å². The standard InChI is InChI=1S/C17H15N5O2S2/c1-12-2-8-15(9-3-12)26(23,24)19-10-13-4-6-14(7-5-13)16-21-22-11-18-20-17(22)25-16/h2-9,11,19H,10H2,1H3. The summed E-state index contributed by atoms with van der Waals surface area (Å²) >= 11 is 1.45. The Kier molecular flexibility index (Phi) is 4.27. The van der Waals surface area contributed by atoms with Gasteiger partial charge in [0.15, 0.2) is 0 Å². The van der Waals surface area contributed by atoms with Gasteiger partial charge in [0.2, 0.25) is 15.0 Å². The van der Waals surface area contributed by atoms with Gasteiger partial charge >= 0.3 is 0 Å². The molecule has 0 bridgehead atoms. The summed E-state index contributed by atoms with van der Waals surface area (Å²) in [4.78, 5) is 0.995. The van der Waals surface area contributed by atoms with Crippen LogP contribution in [0.5, 0.6) is 0 Å². The highest BCUT2D eigenvalue weighted by atomic mass is 32.2. The number of hydrogen-bond acceptors (Lipinski definition) is 6. The number of fused-ring (bicyclic) bond motifs is 1. The molecule has 1 N–H and O–H groups in total. The van der Waals surface area contributed by atoms with Gasteiger partial charge in [-0.1, -0.05) is 53.3 Å². The van der Waals surface area contributed by atoms with Crippen molar-refractivity contribution in [3.8, 4) is 10.6 Å². The molecular formula is C17H15N5O2S2. The lowest BCUT2D eigenvalue weighted by molar-refractivity contribution is 0.581. The van der Waals surface area contributed by atoms with E-state index in [1.165, 1.54) is 11.3 Å². The molecule has 0 unspecified atom stereocenters. The highest BCUT2D eigenvalue weighted by Crippen LogP contribution is 2.24. The first-order valence-corrected chi connectivity index (χ1v) is 10.1. The Morgan fingerprint density at radius 3 is 2.50 bits per heavy atom. The lowest BCUT2D eigenvalue weighted by Gasteiger charge is -2.07. The number of benzene rings is 2. The quantitative estimate of drug-likeness (QED) is 0.570. The Morgan fingerprint density at radius 1 is 1.08 bits per heavy atom. The SMILES string of the molecule is Cc1ccc(S(=O)(=O)NCc2ccc(-c3nn4cnnc4s3)cc2)cc1. The average Bonchev–Trinajstić information content (AvgIpc) is 3.23. The second-order valence-electron chi connectivity index (χ2n) is 5.80. The van der Waals surface area contributed by atoms with E-state index in [4.69, 9.17) is 0 Å². The van der Waals surface area contributed by atoms with E-state index in [-0.39, 0.29) is 11.4 Å². The molecule has 2 aromatic heterocycles. The molecule has 0 aliphatic carbocycles. The van der Waals surface area contributed by atoms with E-state index >= 15 is 0 Å². The molecule has 2 heterocycles. The molecule has 0 saturated carbocycles. The van der Waals surface area contributed by atoms with E-state index in [1.807, 2.05) is 31.2 Å². The number of aryl methyl sites for hydroxylation is 1. The third kappa shape index (κ3) is 3.36. The van der Waals surface area contributed by atoms with Gasteiger partial charge in [0.25, 0.3) is 0 Å². The molecule has 0 radical (unpaired) electrons. The predicted molar refractivity (Wildman–Crippen MR) is 99.3 cm³/mol. The number of nitrogens with zero attached hydrogens (tertiary/aromatic N) is 4. The molecule has 4 rings (SSSR count). The molecule has 26 heavy (non-hydrogen) atoms. The van der Waals surface area contributed by atoms with Crippen LogP contribution in [0.1, 0.15) is 11.1 Å². The monoisotopic (exact) mass is 385 g/mol. The Morgan fingerprint density at radius 2 is 1.81 bits per heavy atom. The van der Waals surface area contributed by atoms with E-state index in [0.29, 0.717) is 0 Å². The zero-order valence-electron chi connectivity index (χ0n) is 13.8. The van der Waals surface area contributed by atoms with Crippen molar-refractivity contribution in [3.63, 3.8) is 0 Å². The predicted octanol–water partition coefficient (Wildman–Crippen LogP) is 2.64. The smallest absolute Gasteiger partial charge is 0.207 e. The fourth-order valence-corrected chi connectivity index (χ4v) is 4.26. The number of aromatic nitrogens is 4. The van der Waals surface area contributed by atoms with Crippen molar-refractivity contribution in [2.75, 3.05) is 0 Å². The van der Waals surface area contributed by atoms with Gasteiger partial charge < -0.3 is 0 Å². The molecule has 0 spiro atoms. The maximum atomic E-state index is 12.3. The Hall–Kier alpha value is -2.62. The molecule has 9 heteroatoms. The van der Waals surface area contributed by atoms with Crippen LogP contribution in [0.25, 0.3) is 15.5 Å². The van der Waals surface area contributed by atoms with Crippen molar-refractivity contribution in [1.29, 1.82) is 0 Å². The van der Waals surface area contributed by atoms with Crippen molar-refractivity contribution in [1.82, 2.24) is 24.5 Å². The summed E-state index contributed by atoms with van der Waals surface area (Å²) in [6.45, 7) is 2.14. The van der Waals surface area contributed by atoms with Gasteiger partial charge in [-0.25, -0.2) is 13.1 Å². The van der Waals surface area contributed by atoms with Crippen LogP contribution in [0.4, 0.5) is 0 Å². The van der Waals surface area contributed by atoms with Crippen LogP contribution in [0.3, 0.4) is 0 Å². The van der Waals surface area contributed by atoms with Gasteiger partial charge in [-0.15, -0.1) is 10.2 Å². The van der Waals surface area contributed by atoms with Crippen molar-refractivity contribution in [3.05, 3.63) is 66.0 Å². The van der Waals surface area contributed by atoms with Crippen molar-refractivity contribution >= 4 is 26.3 Å². The third-order valence-electron chi connectivity index (χ3n) is 3.89. The summed E-state index contributed by atoms with van der Waals surface area (Å²) in [5.74, 6) is 0. The topological polar surface area (TPSA) is 89.2 Å².